The molecule has 0 unspecified atom stereocenters. The van der Waals surface area contributed by atoms with Crippen molar-refractivity contribution in [2.24, 2.45) is 5.92 Å². The van der Waals surface area contributed by atoms with Crippen LogP contribution in [0.4, 0.5) is 5.69 Å². The third-order valence-electron chi connectivity index (χ3n) is 5.35. The average molecular weight is 503 g/mol. The van der Waals surface area contributed by atoms with Gasteiger partial charge < -0.3 is 24.8 Å². The molecule has 0 bridgehead atoms. The summed E-state index contributed by atoms with van der Waals surface area (Å²) in [6, 6.07) is 9.49. The van der Waals surface area contributed by atoms with E-state index in [4.69, 9.17) is 31.1 Å². The molecule has 188 valence electrons. The van der Waals surface area contributed by atoms with Crippen molar-refractivity contribution in [2.75, 3.05) is 11.9 Å². The first-order chi connectivity index (χ1) is 16.8. The quantitative estimate of drug-likeness (QED) is 0.375. The van der Waals surface area contributed by atoms with E-state index < -0.39 is 5.97 Å². The van der Waals surface area contributed by atoms with E-state index in [9.17, 15) is 4.79 Å². The van der Waals surface area contributed by atoms with Crippen LogP contribution in [0.1, 0.15) is 46.5 Å². The molecule has 9 nitrogen and oxygen atoms in total. The molecule has 35 heavy (non-hydrogen) atoms. The fourth-order valence-corrected chi connectivity index (χ4v) is 3.81. The fraction of sp³-hybridized carbons (Fsp3) is 0.440. The number of aliphatic hydroxyl groups is 1. The van der Waals surface area contributed by atoms with Gasteiger partial charge in [0.15, 0.2) is 0 Å². The minimum atomic E-state index is -0.717. The maximum Gasteiger partial charge on any atom is 0.306 e. The Labute approximate surface area is 209 Å². The molecular weight excluding hydrogens is 472 g/mol. The number of nitrogens with one attached hydrogen (secondary N) is 1. The average Bonchev–Trinajstić information content (AvgIpc) is 3.51. The molecule has 0 amide bonds. The number of ether oxygens (including phenoxy) is 1. The lowest BCUT2D eigenvalue weighted by atomic mass is 10.1. The zero-order chi connectivity index (χ0) is 25.4. The molecule has 3 N–H and O–H groups in total. The van der Waals surface area contributed by atoms with Crippen LogP contribution in [0.2, 0.25) is 5.02 Å². The number of rotatable bonds is 8. The Morgan fingerprint density at radius 2 is 1.97 bits per heavy atom. The van der Waals surface area contributed by atoms with Crippen LogP contribution < -0.4 is 10.1 Å². The first kappa shape index (κ1) is 26.4. The number of carboxylic acid groups (broad SMARTS) is 1. The largest absolute Gasteiger partial charge is 0.481 e. The summed E-state index contributed by atoms with van der Waals surface area (Å²) < 4.78 is 10.9. The highest BCUT2D eigenvalue weighted by atomic mass is 35.5. The molecule has 2 heterocycles. The summed E-state index contributed by atoms with van der Waals surface area (Å²) in [5, 5.41) is 24.8. The molecule has 0 saturated heterocycles. The van der Waals surface area contributed by atoms with E-state index in [-0.39, 0.29) is 18.1 Å². The van der Waals surface area contributed by atoms with Gasteiger partial charge in [-0.2, -0.15) is 4.98 Å². The van der Waals surface area contributed by atoms with Gasteiger partial charge in [0.1, 0.15) is 5.02 Å². The van der Waals surface area contributed by atoms with Gasteiger partial charge in [0.25, 0.3) is 5.89 Å². The van der Waals surface area contributed by atoms with Gasteiger partial charge in [-0.25, -0.2) is 4.98 Å². The van der Waals surface area contributed by atoms with Crippen LogP contribution in [0.3, 0.4) is 0 Å². The number of nitrogens with zero attached hydrogens (tertiary/aromatic N) is 3. The maximum atomic E-state index is 11.1. The number of aliphatic carboxylic acids is 1. The van der Waals surface area contributed by atoms with E-state index in [2.05, 4.69) is 20.4 Å². The molecule has 1 aliphatic carbocycles. The molecule has 1 fully saturated rings. The summed E-state index contributed by atoms with van der Waals surface area (Å²) in [5.41, 5.74) is 2.33. The van der Waals surface area contributed by atoms with Gasteiger partial charge in [0.05, 0.1) is 17.6 Å². The molecule has 3 aromatic rings. The predicted octanol–water partition coefficient (Wildman–Crippen LogP) is 5.29. The fourth-order valence-electron chi connectivity index (χ4n) is 3.60. The molecule has 2 aromatic heterocycles. The summed E-state index contributed by atoms with van der Waals surface area (Å²) in [6.07, 6.45) is 4.63. The number of hydrogen-bond donors (Lipinski definition) is 3. The highest BCUT2D eigenvalue weighted by molar-refractivity contribution is 6.32. The summed E-state index contributed by atoms with van der Waals surface area (Å²) >= 11 is 6.24. The van der Waals surface area contributed by atoms with Gasteiger partial charge in [0, 0.05) is 30.1 Å². The van der Waals surface area contributed by atoms with Crippen molar-refractivity contribution in [1.82, 2.24) is 15.1 Å². The van der Waals surface area contributed by atoms with Crippen molar-refractivity contribution < 1.29 is 24.3 Å². The molecule has 0 radical (unpaired) electrons. The van der Waals surface area contributed by atoms with Crippen LogP contribution in [-0.4, -0.2) is 50.1 Å². The zero-order valence-electron chi connectivity index (χ0n) is 20.1. The van der Waals surface area contributed by atoms with Gasteiger partial charge in [-0.3, -0.25) is 4.79 Å². The number of benzene rings is 1. The van der Waals surface area contributed by atoms with Crippen LogP contribution in [0.5, 0.6) is 5.88 Å². The van der Waals surface area contributed by atoms with Gasteiger partial charge in [-0.15, -0.1) is 0 Å². The number of hydrogen-bond acceptors (Lipinski definition) is 8. The Morgan fingerprint density at radius 1 is 1.26 bits per heavy atom. The van der Waals surface area contributed by atoms with Crippen molar-refractivity contribution >= 4 is 23.3 Å². The number of carbonyl (C=O) groups is 1. The van der Waals surface area contributed by atoms with Crippen molar-refractivity contribution in [3.05, 3.63) is 41.6 Å². The lowest BCUT2D eigenvalue weighted by Gasteiger charge is -2.14. The van der Waals surface area contributed by atoms with Crippen LogP contribution in [0.25, 0.3) is 22.8 Å². The summed E-state index contributed by atoms with van der Waals surface area (Å²) in [7, 11) is 0. The number of aliphatic hydroxyl groups excluding tert-OH is 1. The number of anilines is 1. The topological polar surface area (TPSA) is 131 Å². The van der Waals surface area contributed by atoms with E-state index in [0.717, 1.165) is 24.1 Å². The van der Waals surface area contributed by atoms with Crippen LogP contribution >= 0.6 is 11.6 Å². The summed E-state index contributed by atoms with van der Waals surface area (Å²) in [4.78, 5) is 19.8. The Morgan fingerprint density at radius 3 is 2.54 bits per heavy atom. The van der Waals surface area contributed by atoms with Crippen LogP contribution in [-0.2, 0) is 4.79 Å². The lowest BCUT2D eigenvalue weighted by Crippen LogP contribution is -2.17. The van der Waals surface area contributed by atoms with Crippen molar-refractivity contribution in [1.29, 1.82) is 0 Å². The summed E-state index contributed by atoms with van der Waals surface area (Å²) in [5.74, 6) is 0.148. The number of carboxylic acids is 1. The van der Waals surface area contributed by atoms with E-state index in [1.807, 2.05) is 45.0 Å². The Balaban J connectivity index is 0.000000795. The minimum Gasteiger partial charge on any atom is -0.481 e. The van der Waals surface area contributed by atoms with Crippen LogP contribution in [0, 0.1) is 5.92 Å². The smallest absolute Gasteiger partial charge is 0.306 e. The first-order valence-electron chi connectivity index (χ1n) is 11.7. The maximum absolute atomic E-state index is 11.1. The molecule has 1 aromatic carbocycles. The first-order valence-corrected chi connectivity index (χ1v) is 12.0. The highest BCUT2D eigenvalue weighted by Gasteiger charge is 2.29. The van der Waals surface area contributed by atoms with Gasteiger partial charge in [0.2, 0.25) is 11.7 Å². The zero-order valence-corrected chi connectivity index (χ0v) is 20.8. The SMILES string of the molecule is CC(C)Oc1ncc(-c2nc(-c3ccc(N[C@H]4CC[C@@H](C(=O)O)C4)cc3)no2)cc1Cl.CCCO. The van der Waals surface area contributed by atoms with Crippen LogP contribution in [0.15, 0.2) is 41.1 Å². The summed E-state index contributed by atoms with van der Waals surface area (Å²) in [6.45, 7) is 6.05. The number of halogens is 1. The molecule has 1 aliphatic rings. The lowest BCUT2D eigenvalue weighted by molar-refractivity contribution is -0.141. The molecule has 4 rings (SSSR count). The molecule has 0 aliphatic heterocycles. The van der Waals surface area contributed by atoms with Crippen molar-refractivity contribution in [2.45, 2.75) is 58.6 Å². The van der Waals surface area contributed by atoms with Gasteiger partial charge in [-0.1, -0.05) is 23.7 Å². The molecule has 2 atom stereocenters. The second-order valence-electron chi connectivity index (χ2n) is 8.59. The highest BCUT2D eigenvalue weighted by Crippen LogP contribution is 2.31. The molecular formula is C25H31ClN4O5. The second kappa shape index (κ2) is 12.5. The standard InChI is InChI=1S/C22H23ClN4O4.C3H8O/c1-12(2)30-21-18(23)10-15(11-24-21)20-26-19(27-31-20)13-3-6-16(7-4-13)25-17-8-5-14(9-17)22(28)29;1-2-3-4/h3-4,6-7,10-12,14,17,25H,5,8-9H2,1-2H3,(H,28,29);4H,2-3H2,1H3/t14-,17+;/m1./s1. The monoisotopic (exact) mass is 502 g/mol. The van der Waals surface area contributed by atoms with Crippen molar-refractivity contribution in [3.63, 3.8) is 0 Å². The third-order valence-corrected chi connectivity index (χ3v) is 5.62. The van der Waals surface area contributed by atoms with E-state index in [1.54, 1.807) is 12.3 Å². The number of pyridine rings is 1. The third kappa shape index (κ3) is 7.40. The van der Waals surface area contributed by atoms with E-state index >= 15 is 0 Å². The molecule has 1 saturated carbocycles. The van der Waals surface area contributed by atoms with E-state index in [1.165, 1.54) is 0 Å². The Kier molecular flexibility index (Phi) is 9.45. The normalized spacial score (nSPS) is 17.1. The van der Waals surface area contributed by atoms with Gasteiger partial charge in [-0.05, 0) is 69.9 Å². The number of aromatic nitrogens is 3. The predicted molar refractivity (Wildman–Crippen MR) is 134 cm³/mol. The Hall–Kier alpha value is -3.17. The minimum absolute atomic E-state index is 0.0319. The van der Waals surface area contributed by atoms with Gasteiger partial charge >= 0.3 is 5.97 Å². The van der Waals surface area contributed by atoms with Crippen molar-refractivity contribution in [3.8, 4) is 28.7 Å². The second-order valence-corrected chi connectivity index (χ2v) is 9.00. The van der Waals surface area contributed by atoms with E-state index in [0.29, 0.717) is 47.6 Å². The molecule has 0 spiro atoms. The molecule has 10 heteroatoms. The Bertz CT molecular complexity index is 1100.